The van der Waals surface area contributed by atoms with Gasteiger partial charge in [0.15, 0.2) is 0 Å². The Bertz CT molecular complexity index is 773. The van der Waals surface area contributed by atoms with Crippen molar-refractivity contribution in [3.05, 3.63) is 41.2 Å². The Morgan fingerprint density at radius 2 is 2.03 bits per heavy atom. The number of hydrogen-bond donors (Lipinski definition) is 2. The van der Waals surface area contributed by atoms with Crippen LogP contribution in [0.1, 0.15) is 38.8 Å². The van der Waals surface area contributed by atoms with Gasteiger partial charge in [-0.15, -0.1) is 0 Å². The molecule has 2 saturated heterocycles. The molecule has 0 saturated carbocycles. The van der Waals surface area contributed by atoms with E-state index < -0.39 is 0 Å². The number of piperidine rings is 1. The molecular weight excluding hydrogens is 384 g/mol. The van der Waals surface area contributed by atoms with Crippen LogP contribution in [0.25, 0.3) is 11.3 Å². The van der Waals surface area contributed by atoms with Crippen molar-refractivity contribution < 1.29 is 4.74 Å². The molecule has 0 radical (unpaired) electrons. The van der Waals surface area contributed by atoms with E-state index in [1.807, 2.05) is 18.2 Å². The number of nitrogens with one attached hydrogen (secondary N) is 2. The second-order valence-corrected chi connectivity index (χ2v) is 8.32. The summed E-state index contributed by atoms with van der Waals surface area (Å²) in [6.45, 7) is 4.87. The van der Waals surface area contributed by atoms with Gasteiger partial charge in [0.1, 0.15) is 5.82 Å². The maximum atomic E-state index is 6.48. The highest BCUT2D eigenvalue weighted by Crippen LogP contribution is 2.28. The molecule has 2 aliphatic rings. The van der Waals surface area contributed by atoms with Crippen LogP contribution < -0.4 is 10.6 Å². The normalized spacial score (nSPS) is 20.1. The molecule has 158 valence electrons. The average Bonchev–Trinajstić information content (AvgIpc) is 2.75. The highest BCUT2D eigenvalue weighted by Gasteiger charge is 2.16. The molecule has 2 aromatic rings. The van der Waals surface area contributed by atoms with Gasteiger partial charge in [-0.05, 0) is 75.2 Å². The summed E-state index contributed by atoms with van der Waals surface area (Å²) >= 11 is 6.48. The van der Waals surface area contributed by atoms with Gasteiger partial charge in [0.05, 0.1) is 10.7 Å². The van der Waals surface area contributed by atoms with Crippen LogP contribution in [0.2, 0.25) is 5.02 Å². The van der Waals surface area contributed by atoms with E-state index >= 15 is 0 Å². The van der Waals surface area contributed by atoms with Crippen LogP contribution in [0.4, 0.5) is 5.82 Å². The zero-order valence-electron chi connectivity index (χ0n) is 16.3. The Labute approximate surface area is 179 Å². The molecule has 0 amide bonds. The van der Waals surface area contributed by atoms with Gasteiger partial charge in [0.2, 0.25) is 0 Å². The van der Waals surface area contributed by atoms with Gasteiger partial charge in [-0.1, -0.05) is 25.1 Å². The topological polar surface area (TPSA) is 59.1 Å². The SMILES string of the molecule is C.Clc1cnc(C[C@@H]2CCCNC2)cc1-c1cccc(NCC2CCOCC2)n1. The van der Waals surface area contributed by atoms with Crippen LogP contribution >= 0.6 is 11.6 Å². The van der Waals surface area contributed by atoms with Crippen molar-refractivity contribution in [2.45, 2.75) is 39.5 Å². The van der Waals surface area contributed by atoms with Gasteiger partial charge < -0.3 is 15.4 Å². The first-order chi connectivity index (χ1) is 13.8. The first kappa shape index (κ1) is 22.0. The lowest BCUT2D eigenvalue weighted by Crippen LogP contribution is -2.31. The molecule has 2 aromatic heterocycles. The molecule has 6 heteroatoms. The second-order valence-electron chi connectivity index (χ2n) is 7.92. The number of hydrogen-bond acceptors (Lipinski definition) is 5. The van der Waals surface area contributed by atoms with E-state index in [1.54, 1.807) is 6.20 Å². The Hall–Kier alpha value is -1.69. The number of rotatable bonds is 6. The Morgan fingerprint density at radius 1 is 1.17 bits per heavy atom. The van der Waals surface area contributed by atoms with Crippen molar-refractivity contribution in [2.24, 2.45) is 11.8 Å². The van der Waals surface area contributed by atoms with E-state index in [1.165, 1.54) is 12.8 Å². The lowest BCUT2D eigenvalue weighted by molar-refractivity contribution is 0.0699. The van der Waals surface area contributed by atoms with E-state index in [0.717, 1.165) is 74.9 Å². The summed E-state index contributed by atoms with van der Waals surface area (Å²) in [5.41, 5.74) is 2.95. The molecule has 0 aromatic carbocycles. The van der Waals surface area contributed by atoms with Crippen LogP contribution in [-0.2, 0) is 11.2 Å². The minimum atomic E-state index is 0. The number of aromatic nitrogens is 2. The first-order valence-corrected chi connectivity index (χ1v) is 10.8. The van der Waals surface area contributed by atoms with E-state index in [2.05, 4.69) is 21.7 Å². The fourth-order valence-corrected chi connectivity index (χ4v) is 4.27. The summed E-state index contributed by atoms with van der Waals surface area (Å²) in [7, 11) is 0. The lowest BCUT2D eigenvalue weighted by atomic mass is 9.94. The number of halogens is 1. The molecule has 0 spiro atoms. The van der Waals surface area contributed by atoms with Gasteiger partial charge in [-0.3, -0.25) is 4.98 Å². The molecule has 0 bridgehead atoms. The third-order valence-electron chi connectivity index (χ3n) is 5.75. The number of pyridine rings is 2. The maximum Gasteiger partial charge on any atom is 0.126 e. The first-order valence-electron chi connectivity index (χ1n) is 10.4. The predicted octanol–water partition coefficient (Wildman–Crippen LogP) is 4.81. The number of ether oxygens (including phenoxy) is 1. The minimum absolute atomic E-state index is 0. The molecule has 1 atom stereocenters. The maximum absolute atomic E-state index is 6.48. The van der Waals surface area contributed by atoms with Crippen LogP contribution in [-0.4, -0.2) is 42.8 Å². The van der Waals surface area contributed by atoms with Crippen LogP contribution in [0.15, 0.2) is 30.5 Å². The Balaban J connectivity index is 0.00000240. The van der Waals surface area contributed by atoms with Crippen molar-refractivity contribution in [3.63, 3.8) is 0 Å². The van der Waals surface area contributed by atoms with E-state index in [4.69, 9.17) is 21.3 Å². The van der Waals surface area contributed by atoms with E-state index in [-0.39, 0.29) is 7.43 Å². The third kappa shape index (κ3) is 6.14. The third-order valence-corrected chi connectivity index (χ3v) is 6.05. The van der Waals surface area contributed by atoms with Crippen molar-refractivity contribution in [1.29, 1.82) is 0 Å². The van der Waals surface area contributed by atoms with Crippen molar-refractivity contribution in [2.75, 3.05) is 38.2 Å². The zero-order chi connectivity index (χ0) is 19.2. The number of anilines is 1. The molecule has 2 N–H and O–H groups in total. The molecule has 4 heterocycles. The predicted molar refractivity (Wildman–Crippen MR) is 121 cm³/mol. The van der Waals surface area contributed by atoms with Gasteiger partial charge in [-0.25, -0.2) is 4.98 Å². The average molecular weight is 417 g/mol. The molecule has 0 aliphatic carbocycles. The van der Waals surface area contributed by atoms with Crippen molar-refractivity contribution >= 4 is 17.4 Å². The monoisotopic (exact) mass is 416 g/mol. The Morgan fingerprint density at radius 3 is 2.83 bits per heavy atom. The van der Waals surface area contributed by atoms with Crippen molar-refractivity contribution in [1.82, 2.24) is 15.3 Å². The van der Waals surface area contributed by atoms with Crippen LogP contribution in [0.3, 0.4) is 0 Å². The summed E-state index contributed by atoms with van der Waals surface area (Å²) in [6.07, 6.45) is 7.49. The molecule has 5 nitrogen and oxygen atoms in total. The molecule has 0 unspecified atom stereocenters. The highest BCUT2D eigenvalue weighted by atomic mass is 35.5. The highest BCUT2D eigenvalue weighted by molar-refractivity contribution is 6.33. The van der Waals surface area contributed by atoms with E-state index in [0.29, 0.717) is 16.9 Å². The number of nitrogens with zero attached hydrogens (tertiary/aromatic N) is 2. The molecule has 4 rings (SSSR count). The molecule has 2 fully saturated rings. The van der Waals surface area contributed by atoms with Crippen LogP contribution in [0.5, 0.6) is 0 Å². The largest absolute Gasteiger partial charge is 0.381 e. The zero-order valence-corrected chi connectivity index (χ0v) is 17.0. The Kier molecular flexibility index (Phi) is 8.28. The van der Waals surface area contributed by atoms with Crippen LogP contribution in [0, 0.1) is 11.8 Å². The summed E-state index contributed by atoms with van der Waals surface area (Å²) in [4.78, 5) is 9.37. The summed E-state index contributed by atoms with van der Waals surface area (Å²) in [5.74, 6) is 2.20. The quantitative estimate of drug-likeness (QED) is 0.707. The fourth-order valence-electron chi connectivity index (χ4n) is 4.07. The summed E-state index contributed by atoms with van der Waals surface area (Å²) in [6, 6.07) is 8.19. The summed E-state index contributed by atoms with van der Waals surface area (Å²) < 4.78 is 5.44. The van der Waals surface area contributed by atoms with Gasteiger partial charge >= 0.3 is 0 Å². The second kappa shape index (κ2) is 10.9. The van der Waals surface area contributed by atoms with Crippen molar-refractivity contribution in [3.8, 4) is 11.3 Å². The lowest BCUT2D eigenvalue weighted by Gasteiger charge is -2.23. The fraction of sp³-hybridized carbons (Fsp3) is 0.565. The smallest absolute Gasteiger partial charge is 0.126 e. The van der Waals surface area contributed by atoms with E-state index in [9.17, 15) is 0 Å². The molecule has 2 aliphatic heterocycles. The summed E-state index contributed by atoms with van der Waals surface area (Å²) in [5, 5.41) is 7.62. The van der Waals surface area contributed by atoms with Gasteiger partial charge in [-0.2, -0.15) is 0 Å². The van der Waals surface area contributed by atoms with Gasteiger partial charge in [0, 0.05) is 37.2 Å². The molecular formula is C23H33ClN4O. The minimum Gasteiger partial charge on any atom is -0.381 e. The standard InChI is InChI=1S/C22H29ClN4O.CH4/c23-20-15-25-18(11-17-3-2-8-24-13-17)12-19(20)21-4-1-5-22(27-21)26-14-16-6-9-28-10-7-16;/h1,4-5,12,15-17,24H,2-3,6-11,13-14H2,(H,26,27);1H4/t17-;/m0./s1. The van der Waals surface area contributed by atoms with Gasteiger partial charge in [0.25, 0.3) is 0 Å². The molecule has 29 heavy (non-hydrogen) atoms.